The summed E-state index contributed by atoms with van der Waals surface area (Å²) in [7, 11) is -3.64. The van der Waals surface area contributed by atoms with E-state index in [-0.39, 0.29) is 45.9 Å². The van der Waals surface area contributed by atoms with Gasteiger partial charge < -0.3 is 14.6 Å². The fourth-order valence-corrected chi connectivity index (χ4v) is 5.94. The van der Waals surface area contributed by atoms with E-state index in [9.17, 15) is 18.0 Å². The van der Waals surface area contributed by atoms with Crippen molar-refractivity contribution in [1.29, 1.82) is 0 Å². The summed E-state index contributed by atoms with van der Waals surface area (Å²) in [5, 5.41) is 11.5. The van der Waals surface area contributed by atoms with Crippen LogP contribution in [0.1, 0.15) is 40.6 Å². The average molecular weight is 550 g/mol. The summed E-state index contributed by atoms with van der Waals surface area (Å²) in [4.78, 5) is 29.4. The van der Waals surface area contributed by atoms with Gasteiger partial charge in [-0.2, -0.15) is 0 Å². The van der Waals surface area contributed by atoms with Crippen molar-refractivity contribution in [3.63, 3.8) is 0 Å². The molecule has 1 amide bonds. The molecule has 0 spiro atoms. The molecule has 0 aliphatic carbocycles. The molecule has 0 fully saturated rings. The van der Waals surface area contributed by atoms with Crippen LogP contribution in [0, 0.1) is 13.8 Å². The summed E-state index contributed by atoms with van der Waals surface area (Å²) in [5.74, 6) is -0.955. The van der Waals surface area contributed by atoms with E-state index in [0.717, 1.165) is 28.7 Å². The van der Waals surface area contributed by atoms with Crippen LogP contribution in [-0.2, 0) is 31.7 Å². The van der Waals surface area contributed by atoms with Crippen molar-refractivity contribution in [2.24, 2.45) is 0 Å². The number of thioether (sulfide) groups is 1. The third-order valence-electron chi connectivity index (χ3n) is 4.71. The minimum atomic E-state index is -3.64. The maximum Gasteiger partial charge on any atom is 0.350 e. The molecule has 1 N–H and O–H groups in total. The molecule has 0 aliphatic rings. The highest BCUT2D eigenvalue weighted by Gasteiger charge is 2.22. The average Bonchev–Trinajstić information content (AvgIpc) is 3.34. The van der Waals surface area contributed by atoms with Gasteiger partial charge in [0.2, 0.25) is 5.91 Å². The second-order valence-corrected chi connectivity index (χ2v) is 12.0. The van der Waals surface area contributed by atoms with E-state index in [0.29, 0.717) is 15.7 Å². The Kier molecular flexibility index (Phi) is 9.03. The van der Waals surface area contributed by atoms with Crippen LogP contribution < -0.4 is 5.32 Å². The van der Waals surface area contributed by atoms with Gasteiger partial charge in [-0.25, -0.2) is 18.2 Å². The van der Waals surface area contributed by atoms with Crippen molar-refractivity contribution < 1.29 is 22.7 Å². The van der Waals surface area contributed by atoms with Gasteiger partial charge in [0.25, 0.3) is 0 Å². The van der Waals surface area contributed by atoms with Gasteiger partial charge in [-0.1, -0.05) is 46.9 Å². The second kappa shape index (κ2) is 11.8. The number of carbonyl (C=O) groups is 2. The highest BCUT2D eigenvalue weighted by atomic mass is 32.2. The number of allylic oxidation sites excluding steroid dienone is 1. The molecule has 0 radical (unpaired) electrons. The van der Waals surface area contributed by atoms with Crippen LogP contribution >= 0.6 is 23.1 Å². The number of sulfone groups is 1. The standard InChI is InChI=1S/C23H27N5O5S3/c1-6-11-28-18(13-36(31,32)17-9-7-15(4)8-10-17)26-27-23(28)34-12-19(29)25-22-24-16(5)20(35-22)21(30)33-14(2)3/h6-10,14H,1,11-13H2,2-5H3,(H,24,25,29). The van der Waals surface area contributed by atoms with Crippen LogP contribution in [0.4, 0.5) is 5.13 Å². The van der Waals surface area contributed by atoms with Crippen molar-refractivity contribution in [3.8, 4) is 0 Å². The SMILES string of the molecule is C=CCn1c(CS(=O)(=O)c2ccc(C)cc2)nnc1SCC(=O)Nc1nc(C)c(C(=O)OC(C)C)s1. The zero-order valence-corrected chi connectivity index (χ0v) is 22.8. The van der Waals surface area contributed by atoms with Gasteiger partial charge in [-0.3, -0.25) is 4.79 Å². The molecule has 1 aromatic carbocycles. The summed E-state index contributed by atoms with van der Waals surface area (Å²) in [6, 6.07) is 6.60. The molecule has 0 aliphatic heterocycles. The van der Waals surface area contributed by atoms with Gasteiger partial charge in [0.1, 0.15) is 16.5 Å². The molecule has 36 heavy (non-hydrogen) atoms. The summed E-state index contributed by atoms with van der Waals surface area (Å²) < 4.78 is 32.5. The summed E-state index contributed by atoms with van der Waals surface area (Å²) in [6.07, 6.45) is 1.34. The van der Waals surface area contributed by atoms with Crippen LogP contribution in [-0.4, -0.2) is 51.9 Å². The van der Waals surface area contributed by atoms with Gasteiger partial charge >= 0.3 is 5.97 Å². The molecular formula is C23H27N5O5S3. The Morgan fingerprint density at radius 1 is 1.22 bits per heavy atom. The first kappa shape index (κ1) is 27.6. The van der Waals surface area contributed by atoms with E-state index < -0.39 is 15.8 Å². The maximum atomic E-state index is 12.9. The predicted molar refractivity (Wildman–Crippen MR) is 139 cm³/mol. The van der Waals surface area contributed by atoms with Gasteiger partial charge in [-0.15, -0.1) is 16.8 Å². The summed E-state index contributed by atoms with van der Waals surface area (Å²) >= 11 is 2.14. The monoisotopic (exact) mass is 549 g/mol. The Bertz CT molecular complexity index is 1360. The summed E-state index contributed by atoms with van der Waals surface area (Å²) in [5.41, 5.74) is 1.43. The third kappa shape index (κ3) is 7.02. The molecule has 10 nitrogen and oxygen atoms in total. The van der Waals surface area contributed by atoms with Gasteiger partial charge in [0.15, 0.2) is 20.1 Å². The lowest BCUT2D eigenvalue weighted by Gasteiger charge is -2.09. The smallest absolute Gasteiger partial charge is 0.350 e. The quantitative estimate of drug-likeness (QED) is 0.215. The Morgan fingerprint density at radius 2 is 1.92 bits per heavy atom. The molecule has 3 rings (SSSR count). The number of anilines is 1. The van der Waals surface area contributed by atoms with E-state index in [1.54, 1.807) is 55.7 Å². The van der Waals surface area contributed by atoms with E-state index >= 15 is 0 Å². The number of rotatable bonds is 11. The lowest BCUT2D eigenvalue weighted by atomic mass is 10.2. The molecule has 0 atom stereocenters. The molecule has 2 heterocycles. The zero-order chi connectivity index (χ0) is 26.5. The number of hydrogen-bond acceptors (Lipinski definition) is 10. The third-order valence-corrected chi connectivity index (χ3v) is 8.36. The number of thiazole rings is 1. The van der Waals surface area contributed by atoms with Gasteiger partial charge in [0.05, 0.1) is 22.4 Å². The lowest BCUT2D eigenvalue weighted by Crippen LogP contribution is -2.15. The van der Waals surface area contributed by atoms with Gasteiger partial charge in [0, 0.05) is 6.54 Å². The number of nitrogens with one attached hydrogen (secondary N) is 1. The number of esters is 1. The minimum Gasteiger partial charge on any atom is -0.459 e. The van der Waals surface area contributed by atoms with Gasteiger partial charge in [-0.05, 0) is 39.8 Å². The topological polar surface area (TPSA) is 133 Å². The number of aryl methyl sites for hydroxylation is 2. The fourth-order valence-electron chi connectivity index (χ4n) is 3.04. The van der Waals surface area contributed by atoms with E-state index in [4.69, 9.17) is 4.74 Å². The normalized spacial score (nSPS) is 11.5. The molecule has 192 valence electrons. The highest BCUT2D eigenvalue weighted by molar-refractivity contribution is 7.99. The summed E-state index contributed by atoms with van der Waals surface area (Å²) in [6.45, 7) is 11.1. The van der Waals surface area contributed by atoms with Crippen LogP contribution in [0.5, 0.6) is 0 Å². The Morgan fingerprint density at radius 3 is 2.56 bits per heavy atom. The number of benzene rings is 1. The number of ether oxygens (including phenoxy) is 1. The van der Waals surface area contributed by atoms with Crippen molar-refractivity contribution in [2.75, 3.05) is 11.1 Å². The van der Waals surface area contributed by atoms with Crippen molar-refractivity contribution in [2.45, 2.75) is 56.1 Å². The second-order valence-electron chi connectivity index (χ2n) is 8.09. The lowest BCUT2D eigenvalue weighted by molar-refractivity contribution is -0.113. The van der Waals surface area contributed by atoms with Crippen LogP contribution in [0.25, 0.3) is 0 Å². The number of hydrogen-bond donors (Lipinski definition) is 1. The first-order valence-corrected chi connectivity index (χ1v) is 14.4. The van der Waals surface area contributed by atoms with Crippen molar-refractivity contribution >= 4 is 49.9 Å². The highest BCUT2D eigenvalue weighted by Crippen LogP contribution is 2.25. The Hall–Kier alpha value is -3.03. The molecule has 3 aromatic rings. The molecule has 0 bridgehead atoms. The molecule has 0 saturated heterocycles. The number of amides is 1. The van der Waals surface area contributed by atoms with Crippen LogP contribution in [0.2, 0.25) is 0 Å². The number of carbonyl (C=O) groups excluding carboxylic acids is 2. The van der Waals surface area contributed by atoms with Crippen LogP contribution in [0.15, 0.2) is 47.0 Å². The predicted octanol–water partition coefficient (Wildman–Crippen LogP) is 3.81. The molecular weight excluding hydrogens is 522 g/mol. The number of nitrogens with zero attached hydrogens (tertiary/aromatic N) is 4. The van der Waals surface area contributed by atoms with E-state index in [1.165, 1.54) is 0 Å². The van der Waals surface area contributed by atoms with E-state index in [1.807, 2.05) is 6.92 Å². The molecule has 13 heteroatoms. The Balaban J connectivity index is 1.67. The Labute approximate surface area is 218 Å². The van der Waals surface area contributed by atoms with E-state index in [2.05, 4.69) is 27.1 Å². The van der Waals surface area contributed by atoms with Crippen LogP contribution in [0.3, 0.4) is 0 Å². The molecule has 2 aromatic heterocycles. The van der Waals surface area contributed by atoms with Crippen molar-refractivity contribution in [3.05, 3.63) is 58.9 Å². The zero-order valence-electron chi connectivity index (χ0n) is 20.3. The maximum absolute atomic E-state index is 12.9. The van der Waals surface area contributed by atoms with Crippen molar-refractivity contribution in [1.82, 2.24) is 19.7 Å². The number of aromatic nitrogens is 4. The first-order valence-electron chi connectivity index (χ1n) is 10.9. The largest absolute Gasteiger partial charge is 0.459 e. The fraction of sp³-hybridized carbons (Fsp3) is 0.348. The first-order chi connectivity index (χ1) is 17.0. The molecule has 0 unspecified atom stereocenters. The minimum absolute atomic E-state index is 0.0234. The molecule has 0 saturated carbocycles.